The van der Waals surface area contributed by atoms with Crippen molar-refractivity contribution >= 4 is 17.2 Å². The van der Waals surface area contributed by atoms with E-state index in [2.05, 4.69) is 9.27 Å². The molecule has 0 aromatic carbocycles. The second-order valence-corrected chi connectivity index (χ2v) is 4.74. The first kappa shape index (κ1) is 9.93. The van der Waals surface area contributed by atoms with Crippen molar-refractivity contribution in [3.05, 3.63) is 11.1 Å². The van der Waals surface area contributed by atoms with E-state index in [-0.39, 0.29) is 0 Å². The lowest BCUT2D eigenvalue weighted by Gasteiger charge is -2.25. The average molecular weight is 211 g/mol. The molecule has 0 saturated carbocycles. The van der Waals surface area contributed by atoms with E-state index >= 15 is 0 Å². The predicted molar refractivity (Wildman–Crippen MR) is 60.5 cm³/mol. The highest BCUT2D eigenvalue weighted by atomic mass is 32.1. The van der Waals surface area contributed by atoms with E-state index in [0.29, 0.717) is 0 Å². The molecule has 2 N–H and O–H groups in total. The molecule has 1 fully saturated rings. The number of hydrogen-bond donors (Lipinski definition) is 1. The zero-order chi connectivity index (χ0) is 9.80. The molecular weight excluding hydrogens is 194 g/mol. The van der Waals surface area contributed by atoms with Gasteiger partial charge in [0, 0.05) is 11.4 Å². The van der Waals surface area contributed by atoms with Gasteiger partial charge in [0.2, 0.25) is 0 Å². The number of aromatic nitrogens is 1. The van der Waals surface area contributed by atoms with Crippen LogP contribution in [0.5, 0.6) is 0 Å². The lowest BCUT2D eigenvalue weighted by Crippen LogP contribution is -2.31. The molecule has 4 heteroatoms. The van der Waals surface area contributed by atoms with Crippen molar-refractivity contribution in [2.75, 3.05) is 25.4 Å². The quantitative estimate of drug-likeness (QED) is 0.828. The molecular formula is C10H17N3S. The number of likely N-dealkylation sites (tertiary alicyclic amines) is 1. The minimum Gasteiger partial charge on any atom is -0.397 e. The van der Waals surface area contributed by atoms with Crippen molar-refractivity contribution in [3.8, 4) is 0 Å². The maximum atomic E-state index is 5.79. The molecule has 2 rings (SSSR count). The van der Waals surface area contributed by atoms with Crippen LogP contribution in [0.15, 0.2) is 6.20 Å². The molecule has 1 aromatic rings. The van der Waals surface area contributed by atoms with Crippen LogP contribution in [0.25, 0.3) is 0 Å². The van der Waals surface area contributed by atoms with E-state index in [9.17, 15) is 0 Å². The van der Waals surface area contributed by atoms with Crippen LogP contribution >= 0.6 is 11.5 Å². The Labute approximate surface area is 89.1 Å². The Morgan fingerprint density at radius 3 is 2.79 bits per heavy atom. The van der Waals surface area contributed by atoms with Crippen molar-refractivity contribution in [1.82, 2.24) is 9.27 Å². The van der Waals surface area contributed by atoms with Gasteiger partial charge in [-0.25, -0.2) is 0 Å². The Bertz CT molecular complexity index is 279. The Morgan fingerprint density at radius 2 is 2.14 bits per heavy atom. The summed E-state index contributed by atoms with van der Waals surface area (Å²) in [5, 5.41) is 0. The summed E-state index contributed by atoms with van der Waals surface area (Å²) in [5.41, 5.74) is 6.65. The molecule has 1 aromatic heterocycles. The molecule has 78 valence electrons. The summed E-state index contributed by atoms with van der Waals surface area (Å²) in [4.78, 5) is 3.78. The number of nitrogens with two attached hydrogens (primary N) is 1. The SMILES string of the molecule is Nc1cnsc1CCN1CCCCC1. The smallest absolute Gasteiger partial charge is 0.0660 e. The Morgan fingerprint density at radius 1 is 1.36 bits per heavy atom. The second-order valence-electron chi connectivity index (χ2n) is 3.86. The molecule has 2 heterocycles. The van der Waals surface area contributed by atoms with Crippen LogP contribution < -0.4 is 5.73 Å². The van der Waals surface area contributed by atoms with Crippen LogP contribution in [0, 0.1) is 0 Å². The van der Waals surface area contributed by atoms with Gasteiger partial charge in [0.25, 0.3) is 0 Å². The fourth-order valence-corrected chi connectivity index (χ4v) is 2.54. The largest absolute Gasteiger partial charge is 0.397 e. The first-order chi connectivity index (χ1) is 6.86. The maximum Gasteiger partial charge on any atom is 0.0660 e. The third kappa shape index (κ3) is 2.45. The van der Waals surface area contributed by atoms with Gasteiger partial charge in [-0.2, -0.15) is 4.37 Å². The molecule has 0 atom stereocenters. The second kappa shape index (κ2) is 4.75. The molecule has 1 aliphatic heterocycles. The van der Waals surface area contributed by atoms with Crippen molar-refractivity contribution in [3.63, 3.8) is 0 Å². The summed E-state index contributed by atoms with van der Waals surface area (Å²) >= 11 is 1.54. The Kier molecular flexibility index (Phi) is 3.37. The molecule has 14 heavy (non-hydrogen) atoms. The van der Waals surface area contributed by atoms with Crippen molar-refractivity contribution in [1.29, 1.82) is 0 Å². The molecule has 0 unspecified atom stereocenters. The lowest BCUT2D eigenvalue weighted by atomic mass is 10.1. The first-order valence-corrected chi connectivity index (χ1v) is 6.05. The maximum absolute atomic E-state index is 5.79. The van der Waals surface area contributed by atoms with Crippen molar-refractivity contribution in [2.24, 2.45) is 0 Å². The fourth-order valence-electron chi connectivity index (χ4n) is 1.90. The van der Waals surface area contributed by atoms with Gasteiger partial charge in [-0.05, 0) is 43.9 Å². The average Bonchev–Trinajstić information content (AvgIpc) is 2.63. The van der Waals surface area contributed by atoms with Gasteiger partial charge in [0.15, 0.2) is 0 Å². The summed E-state index contributed by atoms with van der Waals surface area (Å²) in [6, 6.07) is 0. The van der Waals surface area contributed by atoms with Gasteiger partial charge in [-0.15, -0.1) is 0 Å². The van der Waals surface area contributed by atoms with Crippen LogP contribution in [-0.2, 0) is 6.42 Å². The van der Waals surface area contributed by atoms with E-state index in [4.69, 9.17) is 5.73 Å². The normalized spacial score (nSPS) is 18.6. The lowest BCUT2D eigenvalue weighted by molar-refractivity contribution is 0.232. The van der Waals surface area contributed by atoms with E-state index in [1.807, 2.05) is 0 Å². The zero-order valence-corrected chi connectivity index (χ0v) is 9.22. The monoisotopic (exact) mass is 211 g/mol. The highest BCUT2D eigenvalue weighted by molar-refractivity contribution is 7.06. The van der Waals surface area contributed by atoms with Crippen LogP contribution in [0.2, 0.25) is 0 Å². The summed E-state index contributed by atoms with van der Waals surface area (Å²) in [5.74, 6) is 0. The number of rotatable bonds is 3. The third-order valence-electron chi connectivity index (χ3n) is 2.78. The zero-order valence-electron chi connectivity index (χ0n) is 8.41. The molecule has 1 saturated heterocycles. The molecule has 0 radical (unpaired) electrons. The molecule has 0 bridgehead atoms. The number of nitrogen functional groups attached to an aromatic ring is 1. The summed E-state index contributed by atoms with van der Waals surface area (Å²) in [6.45, 7) is 3.67. The van der Waals surface area contributed by atoms with Gasteiger partial charge in [0.1, 0.15) is 0 Å². The third-order valence-corrected chi connectivity index (χ3v) is 3.65. The van der Waals surface area contributed by atoms with Crippen LogP contribution in [-0.4, -0.2) is 28.9 Å². The Balaban J connectivity index is 1.79. The van der Waals surface area contributed by atoms with Gasteiger partial charge in [-0.3, -0.25) is 0 Å². The van der Waals surface area contributed by atoms with E-state index in [0.717, 1.165) is 18.7 Å². The van der Waals surface area contributed by atoms with E-state index < -0.39 is 0 Å². The molecule has 1 aliphatic rings. The van der Waals surface area contributed by atoms with E-state index in [1.165, 1.54) is 48.8 Å². The van der Waals surface area contributed by atoms with Gasteiger partial charge >= 0.3 is 0 Å². The van der Waals surface area contributed by atoms with Crippen LogP contribution in [0.1, 0.15) is 24.1 Å². The predicted octanol–water partition coefficient (Wildman–Crippen LogP) is 1.75. The minimum atomic E-state index is 0.868. The molecule has 0 aliphatic carbocycles. The number of hydrogen-bond acceptors (Lipinski definition) is 4. The summed E-state index contributed by atoms with van der Waals surface area (Å²) < 4.78 is 4.08. The highest BCUT2D eigenvalue weighted by Crippen LogP contribution is 2.17. The molecule has 0 spiro atoms. The highest BCUT2D eigenvalue weighted by Gasteiger charge is 2.10. The van der Waals surface area contributed by atoms with Gasteiger partial charge in [0.05, 0.1) is 11.9 Å². The van der Waals surface area contributed by atoms with E-state index in [1.54, 1.807) is 6.20 Å². The van der Waals surface area contributed by atoms with Gasteiger partial charge in [-0.1, -0.05) is 6.42 Å². The topological polar surface area (TPSA) is 42.1 Å². The molecule has 0 amide bonds. The number of piperidine rings is 1. The van der Waals surface area contributed by atoms with Crippen molar-refractivity contribution in [2.45, 2.75) is 25.7 Å². The summed E-state index contributed by atoms with van der Waals surface area (Å²) in [7, 11) is 0. The van der Waals surface area contributed by atoms with Crippen LogP contribution in [0.4, 0.5) is 5.69 Å². The standard InChI is InChI=1S/C10H17N3S/c11-9-8-12-14-10(9)4-7-13-5-2-1-3-6-13/h8H,1-7,11H2. The van der Waals surface area contributed by atoms with Gasteiger partial charge < -0.3 is 10.6 Å². The summed E-state index contributed by atoms with van der Waals surface area (Å²) in [6.07, 6.45) is 6.95. The first-order valence-electron chi connectivity index (χ1n) is 5.27. The van der Waals surface area contributed by atoms with Crippen LogP contribution in [0.3, 0.4) is 0 Å². The Hall–Kier alpha value is -0.610. The number of anilines is 1. The van der Waals surface area contributed by atoms with Crippen molar-refractivity contribution < 1.29 is 0 Å². The minimum absolute atomic E-state index is 0.868. The fraction of sp³-hybridized carbons (Fsp3) is 0.700. The number of nitrogens with zero attached hydrogens (tertiary/aromatic N) is 2. The molecule has 3 nitrogen and oxygen atoms in total.